The molecular formula is C12H24N2O2S. The maximum Gasteiger partial charge on any atom is 0.410 e. The Kier molecular flexibility index (Phi) is 5.13. The van der Waals surface area contributed by atoms with E-state index in [1.54, 1.807) is 0 Å². The fraction of sp³-hybridized carbons (Fsp3) is 0.917. The zero-order valence-electron chi connectivity index (χ0n) is 11.0. The second-order valence-corrected chi connectivity index (χ2v) is 5.70. The lowest BCUT2D eigenvalue weighted by Gasteiger charge is -2.35. The van der Waals surface area contributed by atoms with Crippen LogP contribution in [0.2, 0.25) is 0 Å². The van der Waals surface area contributed by atoms with Crippen LogP contribution in [0.4, 0.5) is 4.79 Å². The zero-order chi connectivity index (χ0) is 13.1. The van der Waals surface area contributed by atoms with E-state index >= 15 is 0 Å². The minimum atomic E-state index is -0.367. The molecule has 2 aliphatic heterocycles. The number of hydrogen-bond donors (Lipinski definition) is 2. The van der Waals surface area contributed by atoms with Crippen LogP contribution in [0.5, 0.6) is 0 Å². The average Bonchev–Trinajstić information content (AvgIpc) is 2.50. The van der Waals surface area contributed by atoms with Crippen molar-refractivity contribution >= 4 is 18.9 Å². The van der Waals surface area contributed by atoms with E-state index in [0.29, 0.717) is 12.1 Å². The predicted octanol–water partition coefficient (Wildman–Crippen LogP) is 2.73. The maximum absolute atomic E-state index is 12.0. The molecule has 0 aromatic heterocycles. The third-order valence-electron chi connectivity index (χ3n) is 3.30. The Morgan fingerprint density at radius 3 is 2.06 bits per heavy atom. The Labute approximate surface area is 109 Å². The summed E-state index contributed by atoms with van der Waals surface area (Å²) in [4.78, 5) is 14.0. The number of nitrogens with two attached hydrogens (primary N) is 1. The molecule has 17 heavy (non-hydrogen) atoms. The summed E-state index contributed by atoms with van der Waals surface area (Å²) in [5, 5.41) is 4.19. The number of nitrogens with zero attached hydrogens (tertiary/aromatic N) is 1. The van der Waals surface area contributed by atoms with E-state index in [-0.39, 0.29) is 11.7 Å². The van der Waals surface area contributed by atoms with Crippen LogP contribution >= 0.6 is 12.8 Å². The number of piperidine rings is 1. The Balaban J connectivity index is 0.000000686. The van der Waals surface area contributed by atoms with Gasteiger partial charge in [-0.3, -0.25) is 5.14 Å². The SMILES string of the molecule is CC(C)(C)OC(=O)N1[C@@H]2CCC[C@H]1CC2.NS. The van der Waals surface area contributed by atoms with Gasteiger partial charge < -0.3 is 9.64 Å². The van der Waals surface area contributed by atoms with E-state index in [0.717, 1.165) is 12.8 Å². The fourth-order valence-electron chi connectivity index (χ4n) is 2.73. The third kappa shape index (κ3) is 3.78. The summed E-state index contributed by atoms with van der Waals surface area (Å²) in [7, 11) is 0. The number of fused-ring (bicyclic) bond motifs is 2. The summed E-state index contributed by atoms with van der Waals surface area (Å²) >= 11 is 3.03. The van der Waals surface area contributed by atoms with Gasteiger partial charge in [-0.1, -0.05) is 0 Å². The van der Waals surface area contributed by atoms with Crippen LogP contribution < -0.4 is 5.14 Å². The van der Waals surface area contributed by atoms with E-state index in [2.05, 4.69) is 18.0 Å². The van der Waals surface area contributed by atoms with Gasteiger partial charge in [0.2, 0.25) is 0 Å². The minimum absolute atomic E-state index is 0.102. The van der Waals surface area contributed by atoms with Gasteiger partial charge in [0.15, 0.2) is 0 Å². The highest BCUT2D eigenvalue weighted by Crippen LogP contribution is 2.36. The van der Waals surface area contributed by atoms with Crippen molar-refractivity contribution in [3.05, 3.63) is 0 Å². The molecule has 0 unspecified atom stereocenters. The number of rotatable bonds is 0. The second-order valence-electron chi connectivity index (χ2n) is 5.70. The maximum atomic E-state index is 12.0. The van der Waals surface area contributed by atoms with Gasteiger partial charge in [-0.25, -0.2) is 4.79 Å². The Bertz CT molecular complexity index is 250. The lowest BCUT2D eigenvalue weighted by atomic mass is 10.0. The molecule has 2 heterocycles. The third-order valence-corrected chi connectivity index (χ3v) is 3.30. The van der Waals surface area contributed by atoms with Crippen LogP contribution in [0.1, 0.15) is 52.9 Å². The zero-order valence-corrected chi connectivity index (χ0v) is 11.9. The first-order chi connectivity index (χ1) is 7.97. The number of ether oxygens (including phenoxy) is 1. The number of thiol groups is 1. The molecule has 2 N–H and O–H groups in total. The van der Waals surface area contributed by atoms with Crippen LogP contribution in [0, 0.1) is 0 Å². The highest BCUT2D eigenvalue weighted by Gasteiger charge is 2.41. The number of amides is 1. The predicted molar refractivity (Wildman–Crippen MR) is 71.9 cm³/mol. The van der Waals surface area contributed by atoms with E-state index in [9.17, 15) is 4.79 Å². The van der Waals surface area contributed by atoms with Crippen molar-refractivity contribution < 1.29 is 9.53 Å². The standard InChI is InChI=1S/C12H21NO2.H3NS/c1-12(2,3)15-11(14)13-9-5-4-6-10(13)8-7-9;1-2/h9-10H,4-8H2,1-3H3;2H,1H2/t9-,10+;. The summed E-state index contributed by atoms with van der Waals surface area (Å²) in [6.45, 7) is 5.78. The van der Waals surface area contributed by atoms with Crippen LogP contribution in [0.3, 0.4) is 0 Å². The fourth-order valence-corrected chi connectivity index (χ4v) is 2.73. The monoisotopic (exact) mass is 260 g/mol. The largest absolute Gasteiger partial charge is 0.444 e. The molecule has 4 nitrogen and oxygen atoms in total. The van der Waals surface area contributed by atoms with Crippen molar-refractivity contribution in [2.45, 2.75) is 70.6 Å². The molecule has 0 radical (unpaired) electrons. The summed E-state index contributed by atoms with van der Waals surface area (Å²) in [6, 6.07) is 0.914. The first-order valence-electron chi connectivity index (χ1n) is 6.24. The summed E-state index contributed by atoms with van der Waals surface area (Å²) < 4.78 is 5.44. The molecule has 2 atom stereocenters. The molecule has 0 aliphatic carbocycles. The van der Waals surface area contributed by atoms with Crippen LogP contribution in [0.25, 0.3) is 0 Å². The molecule has 0 aromatic carbocycles. The molecule has 2 bridgehead atoms. The quantitative estimate of drug-likeness (QED) is 0.658. The van der Waals surface area contributed by atoms with Crippen LogP contribution in [-0.4, -0.2) is 28.7 Å². The van der Waals surface area contributed by atoms with Crippen molar-refractivity contribution in [1.29, 1.82) is 0 Å². The van der Waals surface area contributed by atoms with Crippen LogP contribution in [0.15, 0.2) is 0 Å². The van der Waals surface area contributed by atoms with Gasteiger partial charge in [-0.15, -0.1) is 12.8 Å². The molecular weight excluding hydrogens is 236 g/mol. The average molecular weight is 260 g/mol. The van der Waals surface area contributed by atoms with Gasteiger partial charge in [0.25, 0.3) is 0 Å². The van der Waals surface area contributed by atoms with Gasteiger partial charge in [0, 0.05) is 12.1 Å². The smallest absolute Gasteiger partial charge is 0.410 e. The van der Waals surface area contributed by atoms with Gasteiger partial charge in [-0.05, 0) is 52.9 Å². The molecule has 0 aromatic rings. The van der Waals surface area contributed by atoms with E-state index in [1.807, 2.05) is 25.7 Å². The second kappa shape index (κ2) is 5.96. The minimum Gasteiger partial charge on any atom is -0.444 e. The van der Waals surface area contributed by atoms with Crippen molar-refractivity contribution in [1.82, 2.24) is 4.90 Å². The van der Waals surface area contributed by atoms with Crippen molar-refractivity contribution in [2.75, 3.05) is 0 Å². The van der Waals surface area contributed by atoms with Crippen LogP contribution in [-0.2, 0) is 4.74 Å². The number of hydrogen-bond acceptors (Lipinski definition) is 4. The molecule has 0 spiro atoms. The lowest BCUT2D eigenvalue weighted by Crippen LogP contribution is -2.46. The molecule has 2 saturated heterocycles. The lowest BCUT2D eigenvalue weighted by molar-refractivity contribution is 0.00784. The molecule has 2 aliphatic rings. The Morgan fingerprint density at radius 1 is 1.18 bits per heavy atom. The Hall–Kier alpha value is -0.420. The molecule has 2 rings (SSSR count). The first kappa shape index (κ1) is 14.6. The van der Waals surface area contributed by atoms with E-state index in [1.165, 1.54) is 19.3 Å². The highest BCUT2D eigenvalue weighted by atomic mass is 32.1. The topological polar surface area (TPSA) is 55.6 Å². The molecule has 5 heteroatoms. The van der Waals surface area contributed by atoms with Gasteiger partial charge in [0.1, 0.15) is 5.60 Å². The van der Waals surface area contributed by atoms with Crippen molar-refractivity contribution in [3.8, 4) is 0 Å². The normalized spacial score (nSPS) is 27.2. The van der Waals surface area contributed by atoms with Gasteiger partial charge >= 0.3 is 6.09 Å². The molecule has 0 saturated carbocycles. The summed E-state index contributed by atoms with van der Waals surface area (Å²) in [6.07, 6.45) is 5.84. The highest BCUT2D eigenvalue weighted by molar-refractivity contribution is 7.77. The molecule has 1 amide bonds. The summed E-state index contributed by atoms with van der Waals surface area (Å²) in [5.74, 6) is 0. The van der Waals surface area contributed by atoms with Crippen molar-refractivity contribution in [2.24, 2.45) is 5.14 Å². The first-order valence-corrected chi connectivity index (χ1v) is 6.76. The number of carbonyl (C=O) groups is 1. The van der Waals surface area contributed by atoms with Crippen molar-refractivity contribution in [3.63, 3.8) is 0 Å². The van der Waals surface area contributed by atoms with E-state index in [4.69, 9.17) is 4.74 Å². The van der Waals surface area contributed by atoms with Gasteiger partial charge in [-0.2, -0.15) is 0 Å². The molecule has 100 valence electrons. The van der Waals surface area contributed by atoms with Gasteiger partial charge in [0.05, 0.1) is 0 Å². The Morgan fingerprint density at radius 2 is 1.65 bits per heavy atom. The summed E-state index contributed by atoms with van der Waals surface area (Å²) in [5.41, 5.74) is -0.367. The number of carbonyl (C=O) groups excluding carboxylic acids is 1. The van der Waals surface area contributed by atoms with E-state index < -0.39 is 0 Å². The molecule has 2 fully saturated rings.